The monoisotopic (exact) mass is 273 g/mol. The molecule has 2 rings (SSSR count). The summed E-state index contributed by atoms with van der Waals surface area (Å²) in [5, 5.41) is 4.17. The number of nitrogens with zero attached hydrogens (tertiary/aromatic N) is 3. The lowest BCUT2D eigenvalue weighted by molar-refractivity contribution is -0.140. The Morgan fingerprint density at radius 3 is 2.60 bits per heavy atom. The summed E-state index contributed by atoms with van der Waals surface area (Å²) in [7, 11) is 3.32. The van der Waals surface area contributed by atoms with Gasteiger partial charge in [-0.15, -0.1) is 0 Å². The molecule has 1 amide bonds. The number of carbonyl (C=O) groups is 1. The van der Waals surface area contributed by atoms with Crippen LogP contribution in [0, 0.1) is 0 Å². The summed E-state index contributed by atoms with van der Waals surface area (Å²) in [5.41, 5.74) is 1.79. The fourth-order valence-corrected chi connectivity index (χ4v) is 1.96. The largest absolute Gasteiger partial charge is 0.367 e. The molecule has 0 bridgehead atoms. The van der Waals surface area contributed by atoms with Gasteiger partial charge in [0, 0.05) is 33.1 Å². The van der Waals surface area contributed by atoms with Gasteiger partial charge < -0.3 is 9.64 Å². The number of rotatable bonds is 5. The van der Waals surface area contributed by atoms with E-state index in [4.69, 9.17) is 4.74 Å². The van der Waals surface area contributed by atoms with Crippen molar-refractivity contribution in [2.75, 3.05) is 20.7 Å². The SMILES string of the molecule is CCN(C)C(=O)C(OC)c1ccc(-n2cccn2)cc1. The third-order valence-corrected chi connectivity index (χ3v) is 3.28. The molecule has 0 saturated carbocycles. The van der Waals surface area contributed by atoms with Crippen molar-refractivity contribution in [3.8, 4) is 5.69 Å². The summed E-state index contributed by atoms with van der Waals surface area (Å²) in [6.45, 7) is 2.59. The molecule has 1 heterocycles. The van der Waals surface area contributed by atoms with Gasteiger partial charge in [0.25, 0.3) is 5.91 Å². The fraction of sp³-hybridized carbons (Fsp3) is 0.333. The average molecular weight is 273 g/mol. The highest BCUT2D eigenvalue weighted by Gasteiger charge is 2.22. The van der Waals surface area contributed by atoms with E-state index in [1.165, 1.54) is 0 Å². The van der Waals surface area contributed by atoms with Crippen LogP contribution in [0.1, 0.15) is 18.6 Å². The van der Waals surface area contributed by atoms with Crippen LogP contribution in [0.2, 0.25) is 0 Å². The number of methoxy groups -OCH3 is 1. The Kier molecular flexibility index (Phi) is 4.53. The maximum absolute atomic E-state index is 12.2. The smallest absolute Gasteiger partial charge is 0.256 e. The molecule has 1 atom stereocenters. The van der Waals surface area contributed by atoms with Crippen LogP contribution >= 0.6 is 0 Å². The van der Waals surface area contributed by atoms with E-state index in [1.54, 1.807) is 29.9 Å². The van der Waals surface area contributed by atoms with Crippen LogP contribution in [-0.2, 0) is 9.53 Å². The molecule has 5 heteroatoms. The number of hydrogen-bond acceptors (Lipinski definition) is 3. The molecule has 5 nitrogen and oxygen atoms in total. The molecule has 0 aliphatic rings. The number of aromatic nitrogens is 2. The molecular formula is C15H19N3O2. The van der Waals surface area contributed by atoms with Crippen LogP contribution in [0.4, 0.5) is 0 Å². The van der Waals surface area contributed by atoms with E-state index < -0.39 is 6.10 Å². The highest BCUT2D eigenvalue weighted by Crippen LogP contribution is 2.20. The molecule has 20 heavy (non-hydrogen) atoms. The van der Waals surface area contributed by atoms with Crippen LogP contribution in [0.5, 0.6) is 0 Å². The summed E-state index contributed by atoms with van der Waals surface area (Å²) in [6, 6.07) is 9.51. The first-order valence-electron chi connectivity index (χ1n) is 6.55. The molecule has 1 unspecified atom stereocenters. The summed E-state index contributed by atoms with van der Waals surface area (Å²) in [4.78, 5) is 13.9. The molecule has 0 fully saturated rings. The Balaban J connectivity index is 2.21. The fourth-order valence-electron chi connectivity index (χ4n) is 1.96. The van der Waals surface area contributed by atoms with Gasteiger partial charge in [0.05, 0.1) is 5.69 Å². The molecule has 2 aromatic rings. The van der Waals surface area contributed by atoms with Gasteiger partial charge in [-0.25, -0.2) is 4.68 Å². The molecule has 0 saturated heterocycles. The highest BCUT2D eigenvalue weighted by molar-refractivity contribution is 5.82. The summed E-state index contributed by atoms with van der Waals surface area (Å²) >= 11 is 0. The van der Waals surface area contributed by atoms with Gasteiger partial charge in [-0.05, 0) is 30.7 Å². The molecule has 0 N–H and O–H groups in total. The minimum absolute atomic E-state index is 0.0400. The summed E-state index contributed by atoms with van der Waals surface area (Å²) in [5.74, 6) is -0.0400. The normalized spacial score (nSPS) is 12.2. The van der Waals surface area contributed by atoms with Gasteiger partial charge in [0.15, 0.2) is 6.10 Å². The van der Waals surface area contributed by atoms with E-state index in [2.05, 4.69) is 5.10 Å². The quantitative estimate of drug-likeness (QED) is 0.837. The maximum atomic E-state index is 12.2. The van der Waals surface area contributed by atoms with Crippen molar-refractivity contribution in [2.24, 2.45) is 0 Å². The highest BCUT2D eigenvalue weighted by atomic mass is 16.5. The predicted octanol–water partition coefficient (Wildman–Crippen LogP) is 2.04. The van der Waals surface area contributed by atoms with E-state index in [9.17, 15) is 4.79 Å². The number of benzene rings is 1. The van der Waals surface area contributed by atoms with Crippen molar-refractivity contribution in [1.82, 2.24) is 14.7 Å². The Bertz CT molecular complexity index is 549. The van der Waals surface area contributed by atoms with Gasteiger partial charge in [0.1, 0.15) is 0 Å². The third kappa shape index (κ3) is 2.88. The predicted molar refractivity (Wildman–Crippen MR) is 76.6 cm³/mol. The van der Waals surface area contributed by atoms with Crippen molar-refractivity contribution < 1.29 is 9.53 Å². The first kappa shape index (κ1) is 14.3. The molecule has 1 aromatic heterocycles. The van der Waals surface area contributed by atoms with Crippen molar-refractivity contribution in [2.45, 2.75) is 13.0 Å². The van der Waals surface area contributed by atoms with Gasteiger partial charge in [-0.2, -0.15) is 5.10 Å². The summed E-state index contributed by atoms with van der Waals surface area (Å²) in [6.07, 6.45) is 3.04. The lowest BCUT2D eigenvalue weighted by Crippen LogP contribution is -2.32. The van der Waals surface area contributed by atoms with Gasteiger partial charge in [-0.1, -0.05) is 12.1 Å². The molecule has 0 aliphatic carbocycles. The first-order chi connectivity index (χ1) is 9.67. The Morgan fingerprint density at radius 2 is 2.10 bits per heavy atom. The maximum Gasteiger partial charge on any atom is 0.256 e. The van der Waals surface area contributed by atoms with E-state index in [0.29, 0.717) is 6.54 Å². The van der Waals surface area contributed by atoms with Crippen molar-refractivity contribution >= 4 is 5.91 Å². The van der Waals surface area contributed by atoms with Crippen LogP contribution in [0.25, 0.3) is 5.69 Å². The molecule has 0 radical (unpaired) electrons. The van der Waals surface area contributed by atoms with E-state index in [0.717, 1.165) is 11.3 Å². The third-order valence-electron chi connectivity index (χ3n) is 3.28. The number of carbonyl (C=O) groups excluding carboxylic acids is 1. The van der Waals surface area contributed by atoms with E-state index in [1.807, 2.05) is 43.5 Å². The van der Waals surface area contributed by atoms with Crippen molar-refractivity contribution in [3.63, 3.8) is 0 Å². The second kappa shape index (κ2) is 6.34. The minimum atomic E-state index is -0.563. The second-order valence-corrected chi connectivity index (χ2v) is 4.51. The van der Waals surface area contributed by atoms with Gasteiger partial charge in [0.2, 0.25) is 0 Å². The Hall–Kier alpha value is -2.14. The van der Waals surface area contributed by atoms with Gasteiger partial charge in [-0.3, -0.25) is 4.79 Å². The zero-order valence-electron chi connectivity index (χ0n) is 12.0. The van der Waals surface area contributed by atoms with E-state index in [-0.39, 0.29) is 5.91 Å². The zero-order valence-corrected chi connectivity index (χ0v) is 12.0. The Labute approximate surface area is 118 Å². The molecule has 106 valence electrons. The van der Waals surface area contributed by atoms with Crippen molar-refractivity contribution in [1.29, 1.82) is 0 Å². The second-order valence-electron chi connectivity index (χ2n) is 4.51. The van der Waals surface area contributed by atoms with Crippen molar-refractivity contribution in [3.05, 3.63) is 48.3 Å². The standard InChI is InChI=1S/C15H19N3O2/c1-4-17(2)15(19)14(20-3)12-6-8-13(9-7-12)18-11-5-10-16-18/h5-11,14H,4H2,1-3H3. The Morgan fingerprint density at radius 1 is 1.40 bits per heavy atom. The van der Waals surface area contributed by atoms with Crippen LogP contribution < -0.4 is 0 Å². The van der Waals surface area contributed by atoms with Crippen LogP contribution in [0.15, 0.2) is 42.7 Å². The lowest BCUT2D eigenvalue weighted by atomic mass is 10.1. The van der Waals surface area contributed by atoms with Crippen LogP contribution in [0.3, 0.4) is 0 Å². The molecule has 0 spiro atoms. The number of amides is 1. The molecular weight excluding hydrogens is 254 g/mol. The average Bonchev–Trinajstić information content (AvgIpc) is 3.02. The minimum Gasteiger partial charge on any atom is -0.367 e. The number of ether oxygens (including phenoxy) is 1. The topological polar surface area (TPSA) is 47.4 Å². The lowest BCUT2D eigenvalue weighted by Gasteiger charge is -2.22. The van der Waals surface area contributed by atoms with Crippen LogP contribution in [-0.4, -0.2) is 41.3 Å². The van der Waals surface area contributed by atoms with Gasteiger partial charge >= 0.3 is 0 Å². The number of likely N-dealkylation sites (N-methyl/N-ethyl adjacent to an activating group) is 1. The first-order valence-corrected chi connectivity index (χ1v) is 6.55. The number of hydrogen-bond donors (Lipinski definition) is 0. The zero-order chi connectivity index (χ0) is 14.5. The molecule has 1 aromatic carbocycles. The van der Waals surface area contributed by atoms with E-state index >= 15 is 0 Å². The summed E-state index contributed by atoms with van der Waals surface area (Å²) < 4.78 is 7.11. The molecule has 0 aliphatic heterocycles.